The number of unbranched alkanes of at least 4 members (excludes halogenated alkanes) is 2. The third kappa shape index (κ3) is 8.97. The molecule has 1 aliphatic rings. The fourth-order valence-corrected chi connectivity index (χ4v) is 2.89. The number of hydrogen-bond acceptors (Lipinski definition) is 1. The first-order valence-electron chi connectivity index (χ1n) is 8.55. The van der Waals surface area contributed by atoms with E-state index in [0.717, 1.165) is 6.61 Å². The van der Waals surface area contributed by atoms with Crippen LogP contribution in [0.5, 0.6) is 0 Å². The van der Waals surface area contributed by atoms with E-state index in [9.17, 15) is 0 Å². The predicted octanol–water partition coefficient (Wildman–Crippen LogP) is 5.87. The molecule has 108 valence electrons. The van der Waals surface area contributed by atoms with Gasteiger partial charge in [-0.2, -0.15) is 0 Å². The van der Waals surface area contributed by atoms with Crippen molar-refractivity contribution in [3.8, 4) is 0 Å². The van der Waals surface area contributed by atoms with Gasteiger partial charge in [0.25, 0.3) is 0 Å². The van der Waals surface area contributed by atoms with E-state index in [1.54, 1.807) is 0 Å². The lowest BCUT2D eigenvalue weighted by Crippen LogP contribution is -2.14. The Balaban J connectivity index is 2.14. The molecule has 0 N–H and O–H groups in total. The quantitative estimate of drug-likeness (QED) is 0.558. The van der Waals surface area contributed by atoms with Gasteiger partial charge in [-0.25, -0.2) is 0 Å². The summed E-state index contributed by atoms with van der Waals surface area (Å²) in [5.74, 6) is 0. The summed E-state index contributed by atoms with van der Waals surface area (Å²) >= 11 is 0. The highest BCUT2D eigenvalue weighted by Gasteiger charge is 2.09. The molecular weight excluding hydrogens is 220 g/mol. The van der Waals surface area contributed by atoms with E-state index in [0.29, 0.717) is 6.10 Å². The number of hydrogen-bond donors (Lipinski definition) is 0. The van der Waals surface area contributed by atoms with Crippen LogP contribution >= 0.6 is 0 Å². The fourth-order valence-electron chi connectivity index (χ4n) is 2.89. The zero-order valence-electron chi connectivity index (χ0n) is 12.6. The molecule has 0 heterocycles. The minimum absolute atomic E-state index is 0.571. The topological polar surface area (TPSA) is 9.23 Å². The first-order valence-corrected chi connectivity index (χ1v) is 8.55. The van der Waals surface area contributed by atoms with Crippen LogP contribution < -0.4 is 0 Å². The van der Waals surface area contributed by atoms with E-state index in [2.05, 4.69) is 6.92 Å². The molecule has 0 atom stereocenters. The van der Waals surface area contributed by atoms with Crippen molar-refractivity contribution in [3.05, 3.63) is 0 Å². The summed E-state index contributed by atoms with van der Waals surface area (Å²) in [5, 5.41) is 0. The molecule has 0 aromatic carbocycles. The van der Waals surface area contributed by atoms with Crippen LogP contribution in [0.15, 0.2) is 0 Å². The van der Waals surface area contributed by atoms with Crippen LogP contribution in [0.1, 0.15) is 96.8 Å². The predicted molar refractivity (Wildman–Crippen MR) is 80.1 cm³/mol. The highest BCUT2D eigenvalue weighted by molar-refractivity contribution is 4.61. The third-order valence-electron chi connectivity index (χ3n) is 4.15. The van der Waals surface area contributed by atoms with E-state index in [1.165, 1.54) is 89.9 Å². The molecular formula is C17H34O. The Bertz CT molecular complexity index is 152. The third-order valence-corrected chi connectivity index (χ3v) is 4.15. The summed E-state index contributed by atoms with van der Waals surface area (Å²) in [5.41, 5.74) is 0. The van der Waals surface area contributed by atoms with Gasteiger partial charge in [-0.05, 0) is 19.3 Å². The maximum atomic E-state index is 6.09. The highest BCUT2D eigenvalue weighted by atomic mass is 16.5. The zero-order chi connectivity index (χ0) is 12.9. The zero-order valence-corrected chi connectivity index (χ0v) is 12.6. The van der Waals surface area contributed by atoms with E-state index in [1.807, 2.05) is 0 Å². The normalized spacial score (nSPS) is 21.2. The van der Waals surface area contributed by atoms with Crippen LogP contribution in [0.25, 0.3) is 0 Å². The average molecular weight is 254 g/mol. The van der Waals surface area contributed by atoms with Crippen molar-refractivity contribution in [2.24, 2.45) is 0 Å². The van der Waals surface area contributed by atoms with Crippen molar-refractivity contribution < 1.29 is 4.74 Å². The van der Waals surface area contributed by atoms with Gasteiger partial charge in [0.15, 0.2) is 0 Å². The first-order chi connectivity index (χ1) is 8.93. The van der Waals surface area contributed by atoms with Crippen molar-refractivity contribution in [2.45, 2.75) is 103 Å². The van der Waals surface area contributed by atoms with Gasteiger partial charge < -0.3 is 4.74 Å². The maximum absolute atomic E-state index is 6.09. The molecule has 0 aromatic rings. The number of rotatable bonds is 5. The van der Waals surface area contributed by atoms with Gasteiger partial charge in [0.2, 0.25) is 0 Å². The molecule has 0 unspecified atom stereocenters. The first kappa shape index (κ1) is 16.0. The molecule has 1 heteroatoms. The minimum atomic E-state index is 0.571. The Labute approximate surface area is 115 Å². The van der Waals surface area contributed by atoms with Crippen LogP contribution in [0.4, 0.5) is 0 Å². The molecule has 0 amide bonds. The lowest BCUT2D eigenvalue weighted by Gasteiger charge is -2.18. The second kappa shape index (κ2) is 12.0. The standard InChI is InChI=1S/C17H34O/c1-2-3-13-16-18-17-14-11-9-7-5-4-6-8-10-12-15-17/h17H,2-16H2,1H3. The summed E-state index contributed by atoms with van der Waals surface area (Å²) in [7, 11) is 0. The van der Waals surface area contributed by atoms with Crippen molar-refractivity contribution in [1.82, 2.24) is 0 Å². The molecule has 1 saturated carbocycles. The highest BCUT2D eigenvalue weighted by Crippen LogP contribution is 2.19. The Hall–Kier alpha value is -0.0400. The van der Waals surface area contributed by atoms with Crippen molar-refractivity contribution in [1.29, 1.82) is 0 Å². The van der Waals surface area contributed by atoms with Gasteiger partial charge >= 0.3 is 0 Å². The molecule has 18 heavy (non-hydrogen) atoms. The molecule has 0 aromatic heterocycles. The Morgan fingerprint density at radius 3 is 1.72 bits per heavy atom. The minimum Gasteiger partial charge on any atom is -0.378 e. The Morgan fingerprint density at radius 1 is 0.722 bits per heavy atom. The summed E-state index contributed by atoms with van der Waals surface area (Å²) in [6.45, 7) is 3.26. The molecule has 1 rings (SSSR count). The number of ether oxygens (including phenoxy) is 1. The summed E-state index contributed by atoms with van der Waals surface area (Å²) in [6.07, 6.45) is 20.0. The van der Waals surface area contributed by atoms with Gasteiger partial charge in [0.1, 0.15) is 0 Å². The largest absolute Gasteiger partial charge is 0.378 e. The Kier molecular flexibility index (Phi) is 10.7. The van der Waals surface area contributed by atoms with Crippen molar-refractivity contribution >= 4 is 0 Å². The van der Waals surface area contributed by atoms with Crippen LogP contribution in [0, 0.1) is 0 Å². The average Bonchev–Trinajstić information content (AvgIpc) is 2.37. The summed E-state index contributed by atoms with van der Waals surface area (Å²) in [4.78, 5) is 0. The summed E-state index contributed by atoms with van der Waals surface area (Å²) in [6, 6.07) is 0. The van der Waals surface area contributed by atoms with E-state index in [4.69, 9.17) is 4.74 Å². The van der Waals surface area contributed by atoms with Gasteiger partial charge in [0.05, 0.1) is 6.10 Å². The van der Waals surface area contributed by atoms with Gasteiger partial charge in [0, 0.05) is 6.61 Å². The van der Waals surface area contributed by atoms with E-state index in [-0.39, 0.29) is 0 Å². The van der Waals surface area contributed by atoms with Gasteiger partial charge in [-0.15, -0.1) is 0 Å². The monoisotopic (exact) mass is 254 g/mol. The van der Waals surface area contributed by atoms with Crippen LogP contribution in [-0.2, 0) is 4.74 Å². The molecule has 1 nitrogen and oxygen atoms in total. The SMILES string of the molecule is CCCCCOC1CCCCCCCCCCC1. The van der Waals surface area contributed by atoms with Crippen LogP contribution in [-0.4, -0.2) is 12.7 Å². The molecule has 0 spiro atoms. The van der Waals surface area contributed by atoms with Gasteiger partial charge in [-0.3, -0.25) is 0 Å². The lowest BCUT2D eigenvalue weighted by atomic mass is 9.99. The summed E-state index contributed by atoms with van der Waals surface area (Å²) < 4.78 is 6.09. The maximum Gasteiger partial charge on any atom is 0.0575 e. The molecule has 0 aliphatic heterocycles. The molecule has 0 bridgehead atoms. The Morgan fingerprint density at radius 2 is 1.22 bits per heavy atom. The fraction of sp³-hybridized carbons (Fsp3) is 1.00. The smallest absolute Gasteiger partial charge is 0.0575 e. The van der Waals surface area contributed by atoms with Crippen LogP contribution in [0.3, 0.4) is 0 Å². The second-order valence-corrected chi connectivity index (χ2v) is 5.96. The molecule has 1 aliphatic carbocycles. The van der Waals surface area contributed by atoms with Gasteiger partial charge in [-0.1, -0.05) is 77.6 Å². The van der Waals surface area contributed by atoms with Crippen LogP contribution in [0.2, 0.25) is 0 Å². The van der Waals surface area contributed by atoms with E-state index < -0.39 is 0 Å². The molecule has 1 fully saturated rings. The van der Waals surface area contributed by atoms with Crippen molar-refractivity contribution in [3.63, 3.8) is 0 Å². The second-order valence-electron chi connectivity index (χ2n) is 5.96. The van der Waals surface area contributed by atoms with E-state index >= 15 is 0 Å². The molecule has 0 radical (unpaired) electrons. The van der Waals surface area contributed by atoms with Crippen molar-refractivity contribution in [2.75, 3.05) is 6.61 Å². The lowest BCUT2D eigenvalue weighted by molar-refractivity contribution is 0.0357. The molecule has 0 saturated heterocycles.